The first-order chi connectivity index (χ1) is 10.9. The Morgan fingerprint density at radius 2 is 2.00 bits per heavy atom. The molecule has 23 heavy (non-hydrogen) atoms. The van der Waals surface area contributed by atoms with Crippen LogP contribution in [-0.4, -0.2) is 33.7 Å². The van der Waals surface area contributed by atoms with Crippen LogP contribution in [0, 0.1) is 6.92 Å². The number of amides is 1. The van der Waals surface area contributed by atoms with E-state index >= 15 is 0 Å². The molecule has 0 fully saturated rings. The lowest BCUT2D eigenvalue weighted by Gasteiger charge is -2.23. The minimum absolute atomic E-state index is 0.197. The van der Waals surface area contributed by atoms with Gasteiger partial charge in [0.25, 0.3) is 0 Å². The van der Waals surface area contributed by atoms with Gasteiger partial charge >= 0.3 is 0 Å². The van der Waals surface area contributed by atoms with Crippen molar-refractivity contribution in [1.82, 2.24) is 5.32 Å². The molecule has 1 aromatic rings. The molecule has 1 amide bonds. The maximum absolute atomic E-state index is 12.2. The highest BCUT2D eigenvalue weighted by Crippen LogP contribution is 2.21. The third kappa shape index (κ3) is 5.10. The number of nitrogens with zero attached hydrogens (tertiary/aromatic N) is 1. The van der Waals surface area contributed by atoms with Gasteiger partial charge in [0.2, 0.25) is 15.9 Å². The molecule has 0 unspecified atom stereocenters. The van der Waals surface area contributed by atoms with Crippen LogP contribution in [0.4, 0.5) is 5.69 Å². The van der Waals surface area contributed by atoms with Crippen LogP contribution in [0.5, 0.6) is 0 Å². The first kappa shape index (κ1) is 17.5. The van der Waals surface area contributed by atoms with Crippen LogP contribution in [-0.2, 0) is 14.8 Å². The van der Waals surface area contributed by atoms with Crippen LogP contribution >= 0.6 is 0 Å². The molecule has 1 aliphatic carbocycles. The minimum atomic E-state index is -3.52. The number of hydrogen-bond acceptors (Lipinski definition) is 3. The Balaban J connectivity index is 2.05. The highest BCUT2D eigenvalue weighted by atomic mass is 32.2. The highest BCUT2D eigenvalue weighted by molar-refractivity contribution is 7.92. The summed E-state index contributed by atoms with van der Waals surface area (Å²) < 4.78 is 25.3. The van der Waals surface area contributed by atoms with Crippen molar-refractivity contribution in [2.75, 3.05) is 23.7 Å². The SMILES string of the molecule is Cc1ccccc1N(CC(=O)NCC1=CCCCC1)S(C)(=O)=O. The second-order valence-electron chi connectivity index (χ2n) is 5.94. The van der Waals surface area contributed by atoms with Crippen LogP contribution in [0.1, 0.15) is 31.2 Å². The number of para-hydroxylation sites is 1. The average Bonchev–Trinajstić information content (AvgIpc) is 2.51. The molecule has 5 nitrogen and oxygen atoms in total. The zero-order valence-corrected chi connectivity index (χ0v) is 14.5. The fraction of sp³-hybridized carbons (Fsp3) is 0.471. The number of sulfonamides is 1. The molecule has 0 aliphatic heterocycles. The maximum Gasteiger partial charge on any atom is 0.241 e. The van der Waals surface area contributed by atoms with Crippen LogP contribution < -0.4 is 9.62 Å². The summed E-state index contributed by atoms with van der Waals surface area (Å²) in [4.78, 5) is 12.2. The van der Waals surface area contributed by atoms with Crippen LogP contribution in [0.25, 0.3) is 0 Å². The zero-order chi connectivity index (χ0) is 16.9. The van der Waals surface area contributed by atoms with Crippen molar-refractivity contribution >= 4 is 21.6 Å². The first-order valence-corrected chi connectivity index (χ1v) is 9.70. The third-order valence-corrected chi connectivity index (χ3v) is 5.10. The molecule has 1 N–H and O–H groups in total. The molecular weight excluding hydrogens is 312 g/mol. The molecule has 6 heteroatoms. The van der Waals surface area contributed by atoms with Gasteiger partial charge in [-0.2, -0.15) is 0 Å². The smallest absolute Gasteiger partial charge is 0.241 e. The summed E-state index contributed by atoms with van der Waals surface area (Å²) in [5.41, 5.74) is 2.59. The normalized spacial score (nSPS) is 15.0. The summed E-state index contributed by atoms with van der Waals surface area (Å²) in [5.74, 6) is -0.287. The third-order valence-electron chi connectivity index (χ3n) is 3.97. The van der Waals surface area contributed by atoms with Crippen molar-refractivity contribution in [3.8, 4) is 0 Å². The van der Waals surface area contributed by atoms with Gasteiger partial charge < -0.3 is 5.32 Å². The number of carbonyl (C=O) groups excluding carboxylic acids is 1. The Morgan fingerprint density at radius 1 is 1.26 bits per heavy atom. The van der Waals surface area contributed by atoms with Crippen molar-refractivity contribution < 1.29 is 13.2 Å². The van der Waals surface area contributed by atoms with E-state index in [4.69, 9.17) is 0 Å². The van der Waals surface area contributed by atoms with E-state index in [9.17, 15) is 13.2 Å². The first-order valence-electron chi connectivity index (χ1n) is 7.86. The molecule has 0 radical (unpaired) electrons. The topological polar surface area (TPSA) is 66.5 Å². The minimum Gasteiger partial charge on any atom is -0.351 e. The predicted molar refractivity (Wildman–Crippen MR) is 92.9 cm³/mol. The number of benzene rings is 1. The van der Waals surface area contributed by atoms with Gasteiger partial charge in [0.15, 0.2) is 0 Å². The van der Waals surface area contributed by atoms with Gasteiger partial charge in [-0.1, -0.05) is 29.8 Å². The second-order valence-corrected chi connectivity index (χ2v) is 7.85. The molecule has 1 aromatic carbocycles. The number of anilines is 1. The quantitative estimate of drug-likeness (QED) is 0.811. The number of rotatable bonds is 6. The molecule has 126 valence electrons. The number of carbonyl (C=O) groups is 1. The van der Waals surface area contributed by atoms with E-state index in [1.165, 1.54) is 12.0 Å². The number of nitrogens with one attached hydrogen (secondary N) is 1. The standard InChI is InChI=1S/C17H24N2O3S/c1-14-8-6-7-11-16(14)19(23(2,21)22)13-17(20)18-12-15-9-4-3-5-10-15/h6-9,11H,3-5,10,12-13H2,1-2H3,(H,18,20). The molecule has 0 atom stereocenters. The lowest BCUT2D eigenvalue weighted by Crippen LogP contribution is -2.41. The maximum atomic E-state index is 12.2. The van der Waals surface area contributed by atoms with Gasteiger partial charge in [0.05, 0.1) is 11.9 Å². The van der Waals surface area contributed by atoms with E-state index < -0.39 is 10.0 Å². The Bertz CT molecular complexity index is 696. The summed E-state index contributed by atoms with van der Waals surface area (Å²) >= 11 is 0. The van der Waals surface area contributed by atoms with Gasteiger partial charge in [-0.05, 0) is 44.2 Å². The van der Waals surface area contributed by atoms with Crippen molar-refractivity contribution in [3.05, 3.63) is 41.5 Å². The molecule has 0 bridgehead atoms. The van der Waals surface area contributed by atoms with Gasteiger partial charge in [0.1, 0.15) is 6.54 Å². The monoisotopic (exact) mass is 336 g/mol. The zero-order valence-electron chi connectivity index (χ0n) is 13.7. The fourth-order valence-electron chi connectivity index (χ4n) is 2.69. The number of allylic oxidation sites excluding steroid dienone is 1. The van der Waals surface area contributed by atoms with Crippen LogP contribution in [0.15, 0.2) is 35.9 Å². The van der Waals surface area contributed by atoms with E-state index in [1.54, 1.807) is 12.1 Å². The van der Waals surface area contributed by atoms with Gasteiger partial charge in [-0.3, -0.25) is 9.10 Å². The van der Waals surface area contributed by atoms with Crippen LogP contribution in [0.3, 0.4) is 0 Å². The van der Waals surface area contributed by atoms with Gasteiger partial charge in [-0.15, -0.1) is 0 Å². The number of aryl methyl sites for hydroxylation is 1. The van der Waals surface area contributed by atoms with E-state index in [0.29, 0.717) is 12.2 Å². The second kappa shape index (κ2) is 7.64. The fourth-order valence-corrected chi connectivity index (χ4v) is 3.60. The molecule has 1 aliphatic rings. The molecule has 0 saturated heterocycles. The van der Waals surface area contributed by atoms with Crippen LogP contribution in [0.2, 0.25) is 0 Å². The molecule has 0 spiro atoms. The molecule has 0 saturated carbocycles. The summed E-state index contributed by atoms with van der Waals surface area (Å²) in [7, 11) is -3.52. The molecule has 2 rings (SSSR count). The summed E-state index contributed by atoms with van der Waals surface area (Å²) in [5, 5.41) is 2.83. The van der Waals surface area contributed by atoms with Crippen molar-refractivity contribution in [1.29, 1.82) is 0 Å². The number of hydrogen-bond donors (Lipinski definition) is 1. The Kier molecular flexibility index (Phi) is 5.82. The predicted octanol–water partition coefficient (Wildman–Crippen LogP) is 2.38. The molecule has 0 heterocycles. The van der Waals surface area contributed by atoms with E-state index in [1.807, 2.05) is 19.1 Å². The van der Waals surface area contributed by atoms with Crippen molar-refractivity contribution in [3.63, 3.8) is 0 Å². The van der Waals surface area contributed by atoms with Gasteiger partial charge in [0, 0.05) is 6.54 Å². The Hall–Kier alpha value is -1.82. The lowest BCUT2D eigenvalue weighted by atomic mass is 10.00. The molecular formula is C17H24N2O3S. The summed E-state index contributed by atoms with van der Waals surface area (Å²) in [6.45, 7) is 2.14. The molecule has 0 aromatic heterocycles. The van der Waals surface area contributed by atoms with E-state index in [-0.39, 0.29) is 12.5 Å². The van der Waals surface area contributed by atoms with Crippen molar-refractivity contribution in [2.24, 2.45) is 0 Å². The Labute approximate surface area is 138 Å². The summed E-state index contributed by atoms with van der Waals surface area (Å²) in [6.07, 6.45) is 7.71. The van der Waals surface area contributed by atoms with E-state index in [2.05, 4.69) is 11.4 Å². The van der Waals surface area contributed by atoms with E-state index in [0.717, 1.165) is 35.4 Å². The summed E-state index contributed by atoms with van der Waals surface area (Å²) in [6, 6.07) is 7.16. The van der Waals surface area contributed by atoms with Crippen molar-refractivity contribution in [2.45, 2.75) is 32.6 Å². The lowest BCUT2D eigenvalue weighted by molar-refractivity contribution is -0.119. The van der Waals surface area contributed by atoms with Gasteiger partial charge in [-0.25, -0.2) is 8.42 Å². The highest BCUT2D eigenvalue weighted by Gasteiger charge is 2.22. The Morgan fingerprint density at radius 3 is 2.61 bits per heavy atom. The largest absolute Gasteiger partial charge is 0.351 e. The average molecular weight is 336 g/mol.